The molecule has 0 aromatic rings. The van der Waals surface area contributed by atoms with Crippen LogP contribution in [0, 0.1) is 11.8 Å². The van der Waals surface area contributed by atoms with Crippen LogP contribution in [-0.2, 0) is 4.79 Å². The molecule has 0 radical (unpaired) electrons. The lowest BCUT2D eigenvalue weighted by Crippen LogP contribution is -2.34. The van der Waals surface area contributed by atoms with Gasteiger partial charge in [0.2, 0.25) is 5.92 Å². The van der Waals surface area contributed by atoms with Crippen molar-refractivity contribution in [3.05, 3.63) is 0 Å². The lowest BCUT2D eigenvalue weighted by atomic mass is 9.76. The van der Waals surface area contributed by atoms with E-state index in [1.165, 1.54) is 0 Å². The highest BCUT2D eigenvalue weighted by Crippen LogP contribution is 2.40. The summed E-state index contributed by atoms with van der Waals surface area (Å²) in [6, 6.07) is 0. The van der Waals surface area contributed by atoms with E-state index in [4.69, 9.17) is 5.11 Å². The number of halogens is 2. The highest BCUT2D eigenvalue weighted by molar-refractivity contribution is 5.67. The zero-order valence-corrected chi connectivity index (χ0v) is 9.01. The Bertz CT molecular complexity index is 217. The molecular formula is C11H18F2O2. The number of carboxylic acids is 1. The maximum absolute atomic E-state index is 13.3. The largest absolute Gasteiger partial charge is 0.481 e. The molecule has 1 fully saturated rings. The first-order valence-corrected chi connectivity index (χ1v) is 5.51. The minimum Gasteiger partial charge on any atom is -0.481 e. The number of carbonyl (C=O) groups is 1. The van der Waals surface area contributed by atoms with Gasteiger partial charge in [-0.3, -0.25) is 4.79 Å². The van der Waals surface area contributed by atoms with Crippen LogP contribution in [-0.4, -0.2) is 17.0 Å². The van der Waals surface area contributed by atoms with Gasteiger partial charge in [-0.25, -0.2) is 8.78 Å². The second-order valence-corrected chi connectivity index (χ2v) is 4.56. The van der Waals surface area contributed by atoms with E-state index < -0.39 is 24.2 Å². The number of alkyl halides is 2. The molecule has 88 valence electrons. The molecule has 1 aliphatic carbocycles. The van der Waals surface area contributed by atoms with Crippen LogP contribution in [0.4, 0.5) is 8.78 Å². The Kier molecular flexibility index (Phi) is 4.05. The summed E-state index contributed by atoms with van der Waals surface area (Å²) < 4.78 is 26.5. The van der Waals surface area contributed by atoms with E-state index >= 15 is 0 Å². The van der Waals surface area contributed by atoms with Crippen molar-refractivity contribution in [2.24, 2.45) is 11.8 Å². The van der Waals surface area contributed by atoms with Gasteiger partial charge >= 0.3 is 5.97 Å². The average Bonchev–Trinajstić information content (AvgIpc) is 2.14. The zero-order chi connectivity index (χ0) is 11.5. The molecule has 2 nitrogen and oxygen atoms in total. The third kappa shape index (κ3) is 3.76. The number of carboxylic acid groups (broad SMARTS) is 1. The fourth-order valence-electron chi connectivity index (χ4n) is 2.48. The van der Waals surface area contributed by atoms with Crippen molar-refractivity contribution in [3.63, 3.8) is 0 Å². The molecule has 0 aliphatic heterocycles. The molecule has 1 atom stereocenters. The maximum atomic E-state index is 13.3. The number of hydrogen-bond acceptors (Lipinski definition) is 1. The van der Waals surface area contributed by atoms with E-state index in [9.17, 15) is 13.6 Å². The minimum absolute atomic E-state index is 0.116. The van der Waals surface area contributed by atoms with E-state index in [0.29, 0.717) is 0 Å². The van der Waals surface area contributed by atoms with Crippen molar-refractivity contribution < 1.29 is 18.7 Å². The predicted molar refractivity (Wildman–Crippen MR) is 52.9 cm³/mol. The Morgan fingerprint density at radius 2 is 1.93 bits per heavy atom. The van der Waals surface area contributed by atoms with Gasteiger partial charge < -0.3 is 5.11 Å². The summed E-state index contributed by atoms with van der Waals surface area (Å²) in [6.07, 6.45) is 4.09. The third-order valence-corrected chi connectivity index (χ3v) is 3.26. The van der Waals surface area contributed by atoms with E-state index in [0.717, 1.165) is 39.0 Å². The second kappa shape index (κ2) is 4.90. The Morgan fingerprint density at radius 1 is 1.40 bits per heavy atom. The van der Waals surface area contributed by atoms with Gasteiger partial charge in [0.1, 0.15) is 0 Å². The summed E-state index contributed by atoms with van der Waals surface area (Å²) in [5, 5.41) is 8.64. The standard InChI is InChI=1S/C11H18F2O2/c1-11(12,13)9(7-10(14)15)8-5-3-2-4-6-8/h8-9H,2-7H2,1H3,(H,14,15). The fraction of sp³-hybridized carbons (Fsp3) is 0.909. The van der Waals surface area contributed by atoms with Crippen LogP contribution in [0.3, 0.4) is 0 Å². The quantitative estimate of drug-likeness (QED) is 0.789. The summed E-state index contributed by atoms with van der Waals surface area (Å²) in [6.45, 7) is 0.842. The van der Waals surface area contributed by atoms with Crippen LogP contribution < -0.4 is 0 Å². The van der Waals surface area contributed by atoms with Crippen molar-refractivity contribution >= 4 is 5.97 Å². The number of aliphatic carboxylic acids is 1. The van der Waals surface area contributed by atoms with Crippen LogP contribution in [0.5, 0.6) is 0 Å². The van der Waals surface area contributed by atoms with E-state index in [1.807, 2.05) is 0 Å². The normalized spacial score (nSPS) is 21.3. The predicted octanol–water partition coefficient (Wildman–Crippen LogP) is 3.31. The van der Waals surface area contributed by atoms with Crippen molar-refractivity contribution in [2.75, 3.05) is 0 Å². The summed E-state index contributed by atoms with van der Waals surface area (Å²) in [7, 11) is 0. The Hall–Kier alpha value is -0.670. The highest BCUT2D eigenvalue weighted by Gasteiger charge is 2.41. The van der Waals surface area contributed by atoms with Crippen LogP contribution >= 0.6 is 0 Å². The van der Waals surface area contributed by atoms with Crippen molar-refractivity contribution in [1.29, 1.82) is 0 Å². The van der Waals surface area contributed by atoms with Crippen LogP contribution in [0.2, 0.25) is 0 Å². The first kappa shape index (κ1) is 12.4. The van der Waals surface area contributed by atoms with Crippen molar-refractivity contribution in [2.45, 2.75) is 51.4 Å². The van der Waals surface area contributed by atoms with Gasteiger partial charge in [-0.15, -0.1) is 0 Å². The summed E-state index contributed by atoms with van der Waals surface area (Å²) >= 11 is 0. The molecular weight excluding hydrogens is 202 g/mol. The second-order valence-electron chi connectivity index (χ2n) is 4.56. The van der Waals surface area contributed by atoms with Gasteiger partial charge in [-0.1, -0.05) is 19.3 Å². The molecule has 0 aromatic carbocycles. The van der Waals surface area contributed by atoms with Gasteiger partial charge in [0.05, 0.1) is 6.42 Å². The number of hydrogen-bond donors (Lipinski definition) is 1. The minimum atomic E-state index is -2.87. The van der Waals surface area contributed by atoms with Gasteiger partial charge in [0.25, 0.3) is 0 Å². The monoisotopic (exact) mass is 220 g/mol. The van der Waals surface area contributed by atoms with Crippen LogP contribution in [0.25, 0.3) is 0 Å². The highest BCUT2D eigenvalue weighted by atomic mass is 19.3. The maximum Gasteiger partial charge on any atom is 0.303 e. The molecule has 1 unspecified atom stereocenters. The van der Waals surface area contributed by atoms with Crippen molar-refractivity contribution in [1.82, 2.24) is 0 Å². The summed E-state index contributed by atoms with van der Waals surface area (Å²) in [4.78, 5) is 10.6. The van der Waals surface area contributed by atoms with Gasteiger partial charge in [0, 0.05) is 5.92 Å². The lowest BCUT2D eigenvalue weighted by molar-refractivity contribution is -0.145. The molecule has 1 rings (SSSR count). The molecule has 1 aliphatic rings. The van der Waals surface area contributed by atoms with Gasteiger partial charge in [-0.2, -0.15) is 0 Å². The molecule has 4 heteroatoms. The van der Waals surface area contributed by atoms with Crippen molar-refractivity contribution in [3.8, 4) is 0 Å². The first-order valence-electron chi connectivity index (χ1n) is 5.51. The summed E-state index contributed by atoms with van der Waals surface area (Å²) in [5.41, 5.74) is 0. The molecule has 0 aromatic heterocycles. The topological polar surface area (TPSA) is 37.3 Å². The molecule has 1 saturated carbocycles. The third-order valence-electron chi connectivity index (χ3n) is 3.26. The molecule has 0 saturated heterocycles. The molecule has 0 heterocycles. The smallest absolute Gasteiger partial charge is 0.303 e. The SMILES string of the molecule is CC(F)(F)C(CC(=O)O)C1CCCCC1. The Balaban J connectivity index is 2.66. The Labute approximate surface area is 88.7 Å². The summed E-state index contributed by atoms with van der Waals surface area (Å²) in [5.74, 6) is -5.10. The average molecular weight is 220 g/mol. The molecule has 0 amide bonds. The fourth-order valence-corrected chi connectivity index (χ4v) is 2.48. The van der Waals surface area contributed by atoms with E-state index in [1.54, 1.807) is 0 Å². The van der Waals surface area contributed by atoms with E-state index in [2.05, 4.69) is 0 Å². The number of rotatable bonds is 4. The van der Waals surface area contributed by atoms with E-state index in [-0.39, 0.29) is 5.92 Å². The van der Waals surface area contributed by atoms with Crippen LogP contribution in [0.1, 0.15) is 45.4 Å². The molecule has 1 N–H and O–H groups in total. The Morgan fingerprint density at radius 3 is 2.33 bits per heavy atom. The molecule has 0 bridgehead atoms. The zero-order valence-electron chi connectivity index (χ0n) is 9.01. The van der Waals surface area contributed by atoms with Gasteiger partial charge in [-0.05, 0) is 25.7 Å². The van der Waals surface area contributed by atoms with Gasteiger partial charge in [0.15, 0.2) is 0 Å². The molecule has 0 spiro atoms. The first-order chi connectivity index (χ1) is 6.91. The molecule has 15 heavy (non-hydrogen) atoms. The lowest BCUT2D eigenvalue weighted by Gasteiger charge is -2.33. The van der Waals surface area contributed by atoms with Crippen LogP contribution in [0.15, 0.2) is 0 Å².